The second kappa shape index (κ2) is 22.6. The van der Waals surface area contributed by atoms with Gasteiger partial charge in [0.25, 0.3) is 0 Å². The van der Waals surface area contributed by atoms with Crippen molar-refractivity contribution >= 4 is 0 Å². The van der Waals surface area contributed by atoms with Crippen LogP contribution in [0.2, 0.25) is 0 Å². The number of rotatable bonds is 3. The molecular formula is C6H20F3NO. The summed E-state index contributed by atoms with van der Waals surface area (Å²) in [7, 11) is 0. The van der Waals surface area contributed by atoms with Crippen molar-refractivity contribution in [2.24, 2.45) is 0 Å². The Bertz CT molecular complexity index is 39.3. The molecule has 0 aromatic rings. The molecule has 0 amide bonds. The molecule has 0 aliphatic carbocycles. The normalized spacial score (nSPS) is 6.55. The van der Waals surface area contributed by atoms with E-state index in [9.17, 15) is 0 Å². The summed E-state index contributed by atoms with van der Waals surface area (Å²) in [5.41, 5.74) is 0. The first kappa shape index (κ1) is 31.0. The molecule has 0 atom stereocenters. The molecule has 0 bridgehead atoms. The Balaban J connectivity index is -0.0000000300. The first-order valence-electron chi connectivity index (χ1n) is 3.07. The van der Waals surface area contributed by atoms with E-state index in [2.05, 4.69) is 25.7 Å². The third kappa shape index (κ3) is 17.7. The Morgan fingerprint density at radius 2 is 0.909 bits per heavy atom. The van der Waals surface area contributed by atoms with Gasteiger partial charge in [-0.3, -0.25) is 14.1 Å². The Hall–Kier alpha value is -0.290. The maximum Gasteiger partial charge on any atom is -0.00474 e. The van der Waals surface area contributed by atoms with E-state index in [4.69, 9.17) is 0 Å². The lowest BCUT2D eigenvalue weighted by Gasteiger charge is -2.13. The largest absolute Gasteiger partial charge is 0.412 e. The smallest absolute Gasteiger partial charge is 0.00474 e. The zero-order chi connectivity index (χ0) is 5.70. The predicted octanol–water partition coefficient (Wildman–Crippen LogP) is 0.981. The minimum Gasteiger partial charge on any atom is -0.412 e. The van der Waals surface area contributed by atoms with E-state index < -0.39 is 0 Å². The highest BCUT2D eigenvalue weighted by atomic mass is 19.0. The van der Waals surface area contributed by atoms with Gasteiger partial charge in [0.15, 0.2) is 0 Å². The summed E-state index contributed by atoms with van der Waals surface area (Å²) in [6.45, 7) is 10.1. The molecule has 0 saturated heterocycles. The molecule has 0 aromatic carbocycles. The van der Waals surface area contributed by atoms with E-state index in [0.29, 0.717) is 0 Å². The lowest BCUT2D eigenvalue weighted by atomic mass is 10.5. The molecule has 5 heteroatoms. The van der Waals surface area contributed by atoms with E-state index >= 15 is 0 Å². The van der Waals surface area contributed by atoms with Crippen molar-refractivity contribution in [2.45, 2.75) is 20.8 Å². The van der Waals surface area contributed by atoms with Crippen LogP contribution in [-0.2, 0) is 0 Å². The molecule has 0 aliphatic heterocycles. The van der Waals surface area contributed by atoms with E-state index in [1.54, 1.807) is 0 Å². The summed E-state index contributed by atoms with van der Waals surface area (Å²) in [6, 6.07) is 0. The van der Waals surface area contributed by atoms with Crippen LogP contribution in [0.25, 0.3) is 0 Å². The second-order valence-corrected chi connectivity index (χ2v) is 1.62. The average molecular weight is 179 g/mol. The van der Waals surface area contributed by atoms with Gasteiger partial charge in [0.2, 0.25) is 0 Å². The van der Waals surface area contributed by atoms with Crippen LogP contribution in [0.15, 0.2) is 0 Å². The van der Waals surface area contributed by atoms with E-state index in [1.807, 2.05) is 0 Å². The van der Waals surface area contributed by atoms with Gasteiger partial charge < -0.3 is 10.4 Å². The van der Waals surface area contributed by atoms with Crippen molar-refractivity contribution in [3.05, 3.63) is 0 Å². The molecule has 2 N–H and O–H groups in total. The Labute approximate surface area is 66.0 Å². The highest BCUT2D eigenvalue weighted by Crippen LogP contribution is 1.81. The lowest BCUT2D eigenvalue weighted by molar-refractivity contribution is 0.321. The van der Waals surface area contributed by atoms with Crippen LogP contribution < -0.4 is 0 Å². The molecular weight excluding hydrogens is 159 g/mol. The van der Waals surface area contributed by atoms with Crippen LogP contribution >= 0.6 is 0 Å². The Morgan fingerprint density at radius 3 is 0.909 bits per heavy atom. The topological polar surface area (TPSA) is 34.7 Å². The maximum absolute atomic E-state index is 2.38. The minimum atomic E-state index is 0. The molecule has 11 heavy (non-hydrogen) atoms. The van der Waals surface area contributed by atoms with Crippen molar-refractivity contribution in [1.82, 2.24) is 4.90 Å². The summed E-state index contributed by atoms with van der Waals surface area (Å²) in [5.74, 6) is 0. The number of hydrogen-bond donors (Lipinski definition) is 0. The predicted molar refractivity (Wildman–Crippen MR) is 44.6 cm³/mol. The van der Waals surface area contributed by atoms with Crippen molar-refractivity contribution in [1.29, 1.82) is 0 Å². The number of hydrogen-bond acceptors (Lipinski definition) is 1. The third-order valence-corrected chi connectivity index (χ3v) is 1.34. The molecule has 0 unspecified atom stereocenters. The van der Waals surface area contributed by atoms with Crippen molar-refractivity contribution in [3.8, 4) is 0 Å². The van der Waals surface area contributed by atoms with Gasteiger partial charge in [-0.2, -0.15) is 0 Å². The molecule has 0 rings (SSSR count). The summed E-state index contributed by atoms with van der Waals surface area (Å²) < 4.78 is 0. The van der Waals surface area contributed by atoms with Crippen LogP contribution in [-0.4, -0.2) is 30.0 Å². The standard InChI is InChI=1S/C6H15N.3FH.H2O/c1-4-7(5-2)6-3;;;;/h4-6H2,1-3H3;3*1H;1H2. The van der Waals surface area contributed by atoms with Crippen LogP contribution in [0.3, 0.4) is 0 Å². The van der Waals surface area contributed by atoms with Crippen LogP contribution in [0, 0.1) is 0 Å². The van der Waals surface area contributed by atoms with Crippen molar-refractivity contribution in [3.63, 3.8) is 0 Å². The molecule has 76 valence electrons. The van der Waals surface area contributed by atoms with E-state index in [1.165, 1.54) is 19.6 Å². The number of nitrogens with zero attached hydrogens (tertiary/aromatic N) is 1. The van der Waals surface area contributed by atoms with Crippen LogP contribution in [0.5, 0.6) is 0 Å². The van der Waals surface area contributed by atoms with Gasteiger partial charge in [0, 0.05) is 0 Å². The SMILES string of the molecule is CCN(CC)CC.F.F.F.O. The summed E-state index contributed by atoms with van der Waals surface area (Å²) in [6.07, 6.45) is 0. The Kier molecular flexibility index (Phi) is 63.6. The zero-order valence-corrected chi connectivity index (χ0v) is 7.29. The van der Waals surface area contributed by atoms with Gasteiger partial charge in [-0.15, -0.1) is 0 Å². The second-order valence-electron chi connectivity index (χ2n) is 1.62. The van der Waals surface area contributed by atoms with Gasteiger partial charge in [0.1, 0.15) is 0 Å². The van der Waals surface area contributed by atoms with Gasteiger partial charge in [-0.1, -0.05) is 20.8 Å². The average Bonchev–Trinajstić information content (AvgIpc) is 1.72. The van der Waals surface area contributed by atoms with Gasteiger partial charge >= 0.3 is 0 Å². The minimum absolute atomic E-state index is 0. The van der Waals surface area contributed by atoms with Crippen molar-refractivity contribution in [2.75, 3.05) is 19.6 Å². The molecule has 0 aliphatic rings. The van der Waals surface area contributed by atoms with E-state index in [-0.39, 0.29) is 19.6 Å². The molecule has 0 radical (unpaired) electrons. The van der Waals surface area contributed by atoms with Gasteiger partial charge in [0.05, 0.1) is 0 Å². The highest BCUT2D eigenvalue weighted by Gasteiger charge is 1.89. The fraction of sp³-hybridized carbons (Fsp3) is 1.00. The lowest BCUT2D eigenvalue weighted by Crippen LogP contribution is -2.21. The van der Waals surface area contributed by atoms with Crippen LogP contribution in [0.1, 0.15) is 20.8 Å². The maximum atomic E-state index is 2.38. The number of halogens is 3. The molecule has 0 fully saturated rings. The van der Waals surface area contributed by atoms with Gasteiger partial charge in [-0.25, -0.2) is 0 Å². The molecule has 0 saturated carbocycles. The molecule has 0 aromatic heterocycles. The fourth-order valence-electron chi connectivity index (χ4n) is 0.671. The first-order valence-corrected chi connectivity index (χ1v) is 3.07. The van der Waals surface area contributed by atoms with Gasteiger partial charge in [-0.05, 0) is 19.6 Å². The summed E-state index contributed by atoms with van der Waals surface area (Å²) >= 11 is 0. The fourth-order valence-corrected chi connectivity index (χ4v) is 0.671. The third-order valence-electron chi connectivity index (χ3n) is 1.34. The monoisotopic (exact) mass is 179 g/mol. The molecule has 2 nitrogen and oxygen atoms in total. The molecule has 0 heterocycles. The highest BCUT2D eigenvalue weighted by molar-refractivity contribution is 4.43. The van der Waals surface area contributed by atoms with E-state index in [0.717, 1.165) is 0 Å². The quantitative estimate of drug-likeness (QED) is 0.636. The first-order chi connectivity index (χ1) is 3.35. The summed E-state index contributed by atoms with van der Waals surface area (Å²) in [4.78, 5) is 2.38. The van der Waals surface area contributed by atoms with Crippen molar-refractivity contribution < 1.29 is 19.6 Å². The zero-order valence-electron chi connectivity index (χ0n) is 7.29. The Morgan fingerprint density at radius 1 is 0.727 bits per heavy atom. The summed E-state index contributed by atoms with van der Waals surface area (Å²) in [5, 5.41) is 0. The molecule has 0 spiro atoms. The van der Waals surface area contributed by atoms with Crippen LogP contribution in [0.4, 0.5) is 14.1 Å².